The van der Waals surface area contributed by atoms with Crippen LogP contribution in [0.4, 0.5) is 0 Å². The highest BCUT2D eigenvalue weighted by molar-refractivity contribution is 4.68. The van der Waals surface area contributed by atoms with Crippen LogP contribution in [0, 0.1) is 5.41 Å². The molecule has 1 aliphatic rings. The molecule has 3 nitrogen and oxygen atoms in total. The first kappa shape index (κ1) is 14.9. The van der Waals surface area contributed by atoms with E-state index in [4.69, 9.17) is 15.2 Å². The molecule has 1 heterocycles. The minimum atomic E-state index is 0.284. The zero-order valence-corrected chi connectivity index (χ0v) is 11.5. The Bertz CT molecular complexity index is 189. The maximum absolute atomic E-state index is 5.70. The largest absolute Gasteiger partial charge is 0.379 e. The Morgan fingerprint density at radius 1 is 1.29 bits per heavy atom. The third-order valence-electron chi connectivity index (χ3n) is 3.52. The van der Waals surface area contributed by atoms with Crippen LogP contribution in [0.1, 0.15) is 52.4 Å². The van der Waals surface area contributed by atoms with Crippen LogP contribution in [0.3, 0.4) is 0 Å². The second-order valence-electron chi connectivity index (χ2n) is 5.89. The molecule has 0 aliphatic carbocycles. The molecule has 0 bridgehead atoms. The van der Waals surface area contributed by atoms with Crippen LogP contribution < -0.4 is 5.73 Å². The van der Waals surface area contributed by atoms with Crippen molar-refractivity contribution < 1.29 is 9.47 Å². The third kappa shape index (κ3) is 7.02. The van der Waals surface area contributed by atoms with Gasteiger partial charge in [0.25, 0.3) is 0 Å². The standard InChI is InChI=1S/C14H29NO2/c1-14(2,12-15)8-4-6-9-16-11-13-7-3-5-10-17-13/h13H,3-12,15H2,1-2H3. The minimum Gasteiger partial charge on any atom is -0.379 e. The predicted octanol–water partition coefficient (Wildman–Crippen LogP) is 2.73. The Balaban J connectivity index is 1.90. The van der Waals surface area contributed by atoms with Gasteiger partial charge in [-0.15, -0.1) is 0 Å². The normalized spacial score (nSPS) is 21.7. The molecule has 1 saturated heterocycles. The summed E-state index contributed by atoms with van der Waals surface area (Å²) >= 11 is 0. The second-order valence-corrected chi connectivity index (χ2v) is 5.89. The monoisotopic (exact) mass is 243 g/mol. The molecular formula is C14H29NO2. The van der Waals surface area contributed by atoms with Gasteiger partial charge in [-0.05, 0) is 44.1 Å². The van der Waals surface area contributed by atoms with Gasteiger partial charge in [-0.2, -0.15) is 0 Å². The highest BCUT2D eigenvalue weighted by atomic mass is 16.5. The fraction of sp³-hybridized carbons (Fsp3) is 1.00. The molecule has 0 amide bonds. The van der Waals surface area contributed by atoms with E-state index in [1.165, 1.54) is 32.1 Å². The molecule has 1 unspecified atom stereocenters. The first-order valence-electron chi connectivity index (χ1n) is 7.03. The van der Waals surface area contributed by atoms with E-state index < -0.39 is 0 Å². The Morgan fingerprint density at radius 2 is 2.12 bits per heavy atom. The van der Waals surface area contributed by atoms with Gasteiger partial charge >= 0.3 is 0 Å². The fourth-order valence-electron chi connectivity index (χ4n) is 2.06. The minimum absolute atomic E-state index is 0.284. The number of unbranched alkanes of at least 4 members (excludes halogenated alkanes) is 1. The molecule has 1 aliphatic heterocycles. The molecule has 0 radical (unpaired) electrons. The molecule has 1 fully saturated rings. The summed E-state index contributed by atoms with van der Waals surface area (Å²) in [5.41, 5.74) is 5.98. The van der Waals surface area contributed by atoms with Crippen LogP contribution >= 0.6 is 0 Å². The van der Waals surface area contributed by atoms with Crippen molar-refractivity contribution in [2.45, 2.75) is 58.5 Å². The highest BCUT2D eigenvalue weighted by Gasteiger charge is 2.15. The molecule has 1 rings (SSSR count). The van der Waals surface area contributed by atoms with Crippen molar-refractivity contribution in [3.63, 3.8) is 0 Å². The number of hydrogen-bond donors (Lipinski definition) is 1. The maximum atomic E-state index is 5.70. The Morgan fingerprint density at radius 3 is 2.76 bits per heavy atom. The van der Waals surface area contributed by atoms with Gasteiger partial charge in [-0.25, -0.2) is 0 Å². The quantitative estimate of drug-likeness (QED) is 0.667. The third-order valence-corrected chi connectivity index (χ3v) is 3.52. The molecule has 0 saturated carbocycles. The van der Waals surface area contributed by atoms with Gasteiger partial charge < -0.3 is 15.2 Å². The summed E-state index contributed by atoms with van der Waals surface area (Å²) < 4.78 is 11.3. The summed E-state index contributed by atoms with van der Waals surface area (Å²) in [5, 5.41) is 0. The van der Waals surface area contributed by atoms with Crippen molar-refractivity contribution in [1.29, 1.82) is 0 Å². The molecule has 0 aromatic rings. The second kappa shape index (κ2) is 8.06. The van der Waals surface area contributed by atoms with E-state index in [9.17, 15) is 0 Å². The van der Waals surface area contributed by atoms with E-state index >= 15 is 0 Å². The smallest absolute Gasteiger partial charge is 0.0808 e. The van der Waals surface area contributed by atoms with E-state index in [1.807, 2.05) is 0 Å². The van der Waals surface area contributed by atoms with Gasteiger partial charge in [0.1, 0.15) is 0 Å². The Hall–Kier alpha value is -0.120. The first-order valence-corrected chi connectivity index (χ1v) is 7.03. The van der Waals surface area contributed by atoms with Crippen LogP contribution in [0.2, 0.25) is 0 Å². The van der Waals surface area contributed by atoms with Crippen LogP contribution in [-0.4, -0.2) is 32.5 Å². The van der Waals surface area contributed by atoms with E-state index in [2.05, 4.69) is 13.8 Å². The Labute approximate surface area is 106 Å². The lowest BCUT2D eigenvalue weighted by atomic mass is 9.87. The lowest BCUT2D eigenvalue weighted by molar-refractivity contribution is -0.0412. The summed E-state index contributed by atoms with van der Waals surface area (Å²) in [6.45, 7) is 7.77. The van der Waals surface area contributed by atoms with Crippen LogP contribution in [0.25, 0.3) is 0 Å². The van der Waals surface area contributed by atoms with Crippen LogP contribution in [-0.2, 0) is 9.47 Å². The summed E-state index contributed by atoms with van der Waals surface area (Å²) in [6.07, 6.45) is 7.55. The van der Waals surface area contributed by atoms with E-state index in [0.717, 1.165) is 32.8 Å². The van der Waals surface area contributed by atoms with Gasteiger partial charge in [0, 0.05) is 13.2 Å². The van der Waals surface area contributed by atoms with E-state index in [-0.39, 0.29) is 5.41 Å². The lowest BCUT2D eigenvalue weighted by Crippen LogP contribution is -2.25. The number of hydrogen-bond acceptors (Lipinski definition) is 3. The Kier molecular flexibility index (Phi) is 7.09. The van der Waals surface area contributed by atoms with E-state index in [1.54, 1.807) is 0 Å². The van der Waals surface area contributed by atoms with Crippen molar-refractivity contribution in [1.82, 2.24) is 0 Å². The van der Waals surface area contributed by atoms with Gasteiger partial charge in [0.15, 0.2) is 0 Å². The van der Waals surface area contributed by atoms with Crippen molar-refractivity contribution in [2.75, 3.05) is 26.4 Å². The van der Waals surface area contributed by atoms with Gasteiger partial charge in [0.2, 0.25) is 0 Å². The van der Waals surface area contributed by atoms with Gasteiger partial charge in [-0.1, -0.05) is 20.3 Å². The molecule has 2 N–H and O–H groups in total. The van der Waals surface area contributed by atoms with Gasteiger partial charge in [-0.3, -0.25) is 0 Å². The molecule has 102 valence electrons. The molecule has 3 heteroatoms. The molecule has 0 aromatic carbocycles. The van der Waals surface area contributed by atoms with E-state index in [0.29, 0.717) is 6.10 Å². The van der Waals surface area contributed by atoms with Crippen molar-refractivity contribution >= 4 is 0 Å². The number of nitrogens with two attached hydrogens (primary N) is 1. The molecule has 17 heavy (non-hydrogen) atoms. The average molecular weight is 243 g/mol. The highest BCUT2D eigenvalue weighted by Crippen LogP contribution is 2.21. The van der Waals surface area contributed by atoms with Crippen molar-refractivity contribution in [2.24, 2.45) is 11.1 Å². The summed E-state index contributed by atoms with van der Waals surface area (Å²) in [4.78, 5) is 0. The molecular weight excluding hydrogens is 214 g/mol. The molecule has 0 spiro atoms. The topological polar surface area (TPSA) is 44.5 Å². The summed E-state index contributed by atoms with van der Waals surface area (Å²) in [6, 6.07) is 0. The summed E-state index contributed by atoms with van der Waals surface area (Å²) in [5.74, 6) is 0. The van der Waals surface area contributed by atoms with Crippen LogP contribution in [0.5, 0.6) is 0 Å². The number of ether oxygens (including phenoxy) is 2. The average Bonchev–Trinajstić information content (AvgIpc) is 2.35. The van der Waals surface area contributed by atoms with Crippen molar-refractivity contribution in [3.05, 3.63) is 0 Å². The SMILES string of the molecule is CC(C)(CN)CCCCOCC1CCCCO1. The van der Waals surface area contributed by atoms with Crippen molar-refractivity contribution in [3.8, 4) is 0 Å². The zero-order valence-electron chi connectivity index (χ0n) is 11.5. The van der Waals surface area contributed by atoms with Gasteiger partial charge in [0.05, 0.1) is 12.7 Å². The number of rotatable bonds is 8. The zero-order chi connectivity index (χ0) is 12.6. The fourth-order valence-corrected chi connectivity index (χ4v) is 2.06. The summed E-state index contributed by atoms with van der Waals surface area (Å²) in [7, 11) is 0. The first-order chi connectivity index (χ1) is 8.14. The molecule has 1 atom stereocenters. The molecule has 0 aromatic heterocycles. The maximum Gasteiger partial charge on any atom is 0.0808 e. The predicted molar refractivity (Wildman–Crippen MR) is 71.1 cm³/mol. The van der Waals surface area contributed by atoms with Crippen LogP contribution in [0.15, 0.2) is 0 Å². The lowest BCUT2D eigenvalue weighted by Gasteiger charge is -2.23.